The van der Waals surface area contributed by atoms with Crippen LogP contribution in [0.4, 0.5) is 5.95 Å². The summed E-state index contributed by atoms with van der Waals surface area (Å²) in [5.74, 6) is 2.40. The Morgan fingerprint density at radius 3 is 2.78 bits per heavy atom. The van der Waals surface area contributed by atoms with Gasteiger partial charge in [-0.05, 0) is 36.8 Å². The molecule has 1 aliphatic carbocycles. The summed E-state index contributed by atoms with van der Waals surface area (Å²) in [6.07, 6.45) is 9.75. The number of rotatable bonds is 4. The fraction of sp³-hybridized carbons (Fsp3) is 0.391. The molecule has 0 spiro atoms. The highest BCUT2D eigenvalue weighted by Gasteiger charge is 2.41. The maximum Gasteiger partial charge on any atom is 0.228 e. The lowest BCUT2D eigenvalue weighted by molar-refractivity contribution is -0.128. The second kappa shape index (κ2) is 7.22. The first kappa shape index (κ1) is 19.1. The predicted octanol–water partition coefficient (Wildman–Crippen LogP) is 2.95. The van der Waals surface area contributed by atoms with E-state index in [1.54, 1.807) is 20.2 Å². The molecule has 9 nitrogen and oxygen atoms in total. The third-order valence-electron chi connectivity index (χ3n) is 6.92. The van der Waals surface area contributed by atoms with E-state index in [-0.39, 0.29) is 5.91 Å². The summed E-state index contributed by atoms with van der Waals surface area (Å²) in [5.41, 5.74) is 3.65. The van der Waals surface area contributed by atoms with E-state index in [1.807, 2.05) is 40.0 Å². The van der Waals surface area contributed by atoms with Crippen LogP contribution < -0.4 is 10.1 Å². The number of fused-ring (bicyclic) bond motifs is 3. The third kappa shape index (κ3) is 3.07. The number of nitrogens with zero attached hydrogens (tertiary/aromatic N) is 5. The van der Waals surface area contributed by atoms with Crippen molar-refractivity contribution in [2.75, 3.05) is 25.5 Å². The molecule has 0 radical (unpaired) electrons. The number of H-pyrrole nitrogens is 1. The van der Waals surface area contributed by atoms with Gasteiger partial charge < -0.3 is 24.3 Å². The highest BCUT2D eigenvalue weighted by atomic mass is 16.5. The SMILES string of the molecule is COc1nc(NC2C[C@@H]3CN(C(C)=O)C[C@@H]3C2)nc2[nH]cc(-c3ccc4nccn4c3)c12. The zero-order chi connectivity index (χ0) is 21.8. The Hall–Kier alpha value is -3.62. The summed E-state index contributed by atoms with van der Waals surface area (Å²) in [6, 6.07) is 4.33. The lowest BCUT2D eigenvalue weighted by Gasteiger charge is -2.18. The van der Waals surface area contributed by atoms with E-state index in [2.05, 4.69) is 20.3 Å². The number of methoxy groups -OCH3 is 1. The third-order valence-corrected chi connectivity index (χ3v) is 6.92. The normalized spacial score (nSPS) is 22.6. The molecule has 4 aromatic rings. The molecule has 164 valence electrons. The molecule has 0 aromatic carbocycles. The van der Waals surface area contributed by atoms with Crippen molar-refractivity contribution in [2.45, 2.75) is 25.8 Å². The minimum atomic E-state index is 0.178. The van der Waals surface area contributed by atoms with Gasteiger partial charge in [-0.1, -0.05) is 0 Å². The summed E-state index contributed by atoms with van der Waals surface area (Å²) < 4.78 is 7.65. The van der Waals surface area contributed by atoms with Gasteiger partial charge in [0.1, 0.15) is 11.3 Å². The molecule has 4 aromatic heterocycles. The van der Waals surface area contributed by atoms with Crippen molar-refractivity contribution >= 4 is 28.5 Å². The minimum Gasteiger partial charge on any atom is -0.480 e. The number of nitrogens with one attached hydrogen (secondary N) is 2. The van der Waals surface area contributed by atoms with Gasteiger partial charge >= 0.3 is 0 Å². The summed E-state index contributed by atoms with van der Waals surface area (Å²) in [5, 5.41) is 4.37. The Kier molecular flexibility index (Phi) is 4.31. The van der Waals surface area contributed by atoms with Crippen molar-refractivity contribution in [3.05, 3.63) is 36.9 Å². The number of amides is 1. The van der Waals surface area contributed by atoms with E-state index in [1.165, 1.54) is 0 Å². The molecule has 6 rings (SSSR count). The van der Waals surface area contributed by atoms with Crippen LogP contribution in [0.5, 0.6) is 5.88 Å². The van der Waals surface area contributed by atoms with Crippen LogP contribution in [-0.4, -0.2) is 61.4 Å². The van der Waals surface area contributed by atoms with Gasteiger partial charge in [0.05, 0.1) is 12.5 Å². The van der Waals surface area contributed by atoms with Gasteiger partial charge in [-0.2, -0.15) is 9.97 Å². The van der Waals surface area contributed by atoms with Crippen molar-refractivity contribution in [3.8, 4) is 17.0 Å². The number of ether oxygens (including phenoxy) is 1. The number of carbonyl (C=O) groups is 1. The fourth-order valence-corrected chi connectivity index (χ4v) is 5.38. The van der Waals surface area contributed by atoms with Crippen LogP contribution in [0.2, 0.25) is 0 Å². The topological polar surface area (TPSA) is 100 Å². The largest absolute Gasteiger partial charge is 0.480 e. The number of aromatic amines is 1. The smallest absolute Gasteiger partial charge is 0.228 e. The Bertz CT molecular complexity index is 1310. The number of anilines is 1. The Labute approximate surface area is 184 Å². The maximum atomic E-state index is 11.7. The average molecular weight is 432 g/mol. The Morgan fingerprint density at radius 1 is 1.22 bits per heavy atom. The number of likely N-dealkylation sites (tertiary alicyclic amines) is 1. The molecule has 1 unspecified atom stereocenters. The molecule has 1 saturated carbocycles. The van der Waals surface area contributed by atoms with E-state index >= 15 is 0 Å². The first-order valence-electron chi connectivity index (χ1n) is 11.0. The van der Waals surface area contributed by atoms with Gasteiger partial charge in [0, 0.05) is 62.0 Å². The Balaban J connectivity index is 1.27. The van der Waals surface area contributed by atoms with E-state index in [0.717, 1.165) is 53.7 Å². The number of hydrogen-bond donors (Lipinski definition) is 2. The lowest BCUT2D eigenvalue weighted by atomic mass is 10.0. The van der Waals surface area contributed by atoms with Crippen LogP contribution in [0, 0.1) is 11.8 Å². The van der Waals surface area contributed by atoms with Gasteiger partial charge in [0.15, 0.2) is 0 Å². The Morgan fingerprint density at radius 2 is 2.03 bits per heavy atom. The molecule has 1 saturated heterocycles. The maximum absolute atomic E-state index is 11.7. The van der Waals surface area contributed by atoms with Crippen molar-refractivity contribution in [2.24, 2.45) is 11.8 Å². The molecule has 5 heterocycles. The zero-order valence-electron chi connectivity index (χ0n) is 18.1. The summed E-state index contributed by atoms with van der Waals surface area (Å²) >= 11 is 0. The molecular weight excluding hydrogens is 406 g/mol. The predicted molar refractivity (Wildman–Crippen MR) is 121 cm³/mol. The highest BCUT2D eigenvalue weighted by molar-refractivity contribution is 5.97. The molecule has 2 aliphatic rings. The first-order chi connectivity index (χ1) is 15.6. The second-order valence-electron chi connectivity index (χ2n) is 8.85. The molecule has 2 fully saturated rings. The van der Waals surface area contributed by atoms with E-state index in [9.17, 15) is 4.79 Å². The number of pyridine rings is 1. The molecule has 32 heavy (non-hydrogen) atoms. The molecule has 2 N–H and O–H groups in total. The second-order valence-corrected chi connectivity index (χ2v) is 8.85. The van der Waals surface area contributed by atoms with Gasteiger partial charge in [0.25, 0.3) is 0 Å². The molecule has 0 bridgehead atoms. The van der Waals surface area contributed by atoms with Gasteiger partial charge in [-0.15, -0.1) is 0 Å². The lowest BCUT2D eigenvalue weighted by Crippen LogP contribution is -2.29. The standard InChI is InChI=1S/C23H25N7O2/c1-13(31)30-11-15-7-17(8-16(15)12-30)26-23-27-21-20(22(28-23)32-2)18(9-25-21)14-3-4-19-24-5-6-29(19)10-14/h3-6,9-10,15-17H,7-8,11-12H2,1-2H3,(H2,25,26,27,28)/t15-,16+,17?. The molecular formula is C23H25N7O2. The number of aromatic nitrogens is 5. The van der Waals surface area contributed by atoms with Crippen LogP contribution in [0.25, 0.3) is 27.8 Å². The van der Waals surface area contributed by atoms with Crippen LogP contribution in [0.3, 0.4) is 0 Å². The van der Waals surface area contributed by atoms with Crippen LogP contribution >= 0.6 is 0 Å². The molecule has 1 aliphatic heterocycles. The minimum absolute atomic E-state index is 0.178. The first-order valence-corrected chi connectivity index (χ1v) is 11.0. The van der Waals surface area contributed by atoms with E-state index in [0.29, 0.717) is 29.7 Å². The van der Waals surface area contributed by atoms with Gasteiger partial charge in [0.2, 0.25) is 17.7 Å². The quantitative estimate of drug-likeness (QED) is 0.515. The van der Waals surface area contributed by atoms with Crippen molar-refractivity contribution in [1.82, 2.24) is 29.2 Å². The molecule has 9 heteroatoms. The van der Waals surface area contributed by atoms with Gasteiger partial charge in [-0.3, -0.25) is 4.79 Å². The van der Waals surface area contributed by atoms with Crippen LogP contribution in [0.1, 0.15) is 19.8 Å². The molecule has 1 amide bonds. The van der Waals surface area contributed by atoms with Crippen molar-refractivity contribution in [1.29, 1.82) is 0 Å². The monoisotopic (exact) mass is 431 g/mol. The van der Waals surface area contributed by atoms with Crippen molar-refractivity contribution < 1.29 is 9.53 Å². The average Bonchev–Trinajstić information content (AvgIpc) is 3.54. The number of carbonyl (C=O) groups excluding carboxylic acids is 1. The zero-order valence-corrected chi connectivity index (χ0v) is 18.1. The highest BCUT2D eigenvalue weighted by Crippen LogP contribution is 2.40. The number of hydrogen-bond acceptors (Lipinski definition) is 6. The molecule has 3 atom stereocenters. The van der Waals surface area contributed by atoms with Crippen LogP contribution in [0.15, 0.2) is 36.9 Å². The summed E-state index contributed by atoms with van der Waals surface area (Å²) in [7, 11) is 1.64. The van der Waals surface area contributed by atoms with Gasteiger partial charge in [-0.25, -0.2) is 4.98 Å². The van der Waals surface area contributed by atoms with Crippen LogP contribution in [-0.2, 0) is 4.79 Å². The summed E-state index contributed by atoms with van der Waals surface area (Å²) in [4.78, 5) is 30.7. The fourth-order valence-electron chi connectivity index (χ4n) is 5.38. The van der Waals surface area contributed by atoms with E-state index in [4.69, 9.17) is 9.72 Å². The number of imidazole rings is 1. The summed E-state index contributed by atoms with van der Waals surface area (Å²) in [6.45, 7) is 3.38. The van der Waals surface area contributed by atoms with Crippen molar-refractivity contribution in [3.63, 3.8) is 0 Å². The van der Waals surface area contributed by atoms with E-state index < -0.39 is 0 Å².